The predicted molar refractivity (Wildman–Crippen MR) is 633 cm³/mol. The summed E-state index contributed by atoms with van der Waals surface area (Å²) in [5, 5.41) is 12.8. The molecule has 149 heavy (non-hydrogen) atoms. The summed E-state index contributed by atoms with van der Waals surface area (Å²) >= 11 is 1.90. The number of thiophene rings is 1. The van der Waals surface area contributed by atoms with Crippen molar-refractivity contribution in [3.63, 3.8) is 0 Å². The molecule has 23 aromatic carbocycles. The normalized spacial score (nSPS) is 12.0. The van der Waals surface area contributed by atoms with Gasteiger partial charge in [-0.1, -0.05) is 341 Å². The quantitative estimate of drug-likeness (QED) is 0.0910. The lowest BCUT2D eigenvalue weighted by molar-refractivity contribution is 0.661. The molecule has 0 radical (unpaired) electrons. The maximum atomic E-state index is 2.46. The standard InChI is InChI=1S/C51H38N2.C48H33N3.C42H28N2S/c1-51(2)47-24-13-12-23-43(47)44-33-46-45-32-38(27-30-49(45)53(50(46)34-48(44)51)40-20-10-5-11-21-40)36-25-28-41(29-26-36)52(39-18-8-4-9-19-39)42-22-14-17-37(31-42)35-15-6-3-7-16-35;1-5-15-36(16-6-1)49(37-17-7-2-8-18-37)40-28-25-34(26-29-40)35-27-30-46-42(31-35)44-32-43-41-23-13-14-24-45(41)50(38-19-9-3-10-20-38)47(43)33-48(44)51(46)39-21-11-4-12-22-39;1-4-12-31(13-5-1)43(32-14-6-2-7-15-32)34-23-20-29(21-24-34)30-22-26-38-37(28-30)41-39(44(38)33-16-8-3-9-17-33)27-25-36-35-18-10-11-19-40(35)45-42(36)41/h3-34H,1-2H3;1-33H;1-28H. The van der Waals surface area contributed by atoms with E-state index in [1.807, 2.05) is 11.3 Å². The average Bonchev–Trinajstić information content (AvgIpc) is 1.54. The first-order valence-electron chi connectivity index (χ1n) is 51.2. The van der Waals surface area contributed by atoms with Gasteiger partial charge in [0, 0.05) is 143 Å². The third-order valence-corrected chi connectivity index (χ3v) is 31.2. The molecule has 5 aromatic heterocycles. The highest BCUT2D eigenvalue weighted by molar-refractivity contribution is 7.26. The van der Waals surface area contributed by atoms with Crippen LogP contribution in [-0.2, 0) is 5.41 Å². The Morgan fingerprint density at radius 3 is 0.933 bits per heavy atom. The minimum Gasteiger partial charge on any atom is -0.311 e. The molecule has 704 valence electrons. The summed E-state index contributed by atoms with van der Waals surface area (Å²) in [5.41, 5.74) is 39.5. The number of fused-ring (bicyclic) bond motifs is 19. The maximum absolute atomic E-state index is 2.46. The second-order valence-corrected chi connectivity index (χ2v) is 40.1. The van der Waals surface area contributed by atoms with Crippen LogP contribution in [-0.4, -0.2) is 18.3 Å². The second-order valence-electron chi connectivity index (χ2n) is 39.0. The van der Waals surface area contributed by atoms with Crippen LogP contribution in [0.2, 0.25) is 0 Å². The fourth-order valence-corrected chi connectivity index (χ4v) is 24.3. The lowest BCUT2D eigenvalue weighted by Crippen LogP contribution is -2.14. The molecule has 0 spiro atoms. The van der Waals surface area contributed by atoms with Crippen molar-refractivity contribution < 1.29 is 0 Å². The van der Waals surface area contributed by atoms with Crippen LogP contribution in [0.3, 0.4) is 0 Å². The molecule has 0 atom stereocenters. The Morgan fingerprint density at radius 1 is 0.168 bits per heavy atom. The van der Waals surface area contributed by atoms with Gasteiger partial charge in [-0.15, -0.1) is 11.3 Å². The molecular weight excluding hydrogens is 1820 g/mol. The minimum absolute atomic E-state index is 0.0680. The Labute approximate surface area is 869 Å². The van der Waals surface area contributed by atoms with Gasteiger partial charge in [0.2, 0.25) is 0 Å². The molecule has 0 N–H and O–H groups in total. The summed E-state index contributed by atoms with van der Waals surface area (Å²) in [7, 11) is 0. The molecule has 29 rings (SSSR count). The van der Waals surface area contributed by atoms with Crippen molar-refractivity contribution in [2.24, 2.45) is 0 Å². The number of benzene rings is 23. The first-order valence-corrected chi connectivity index (χ1v) is 52.0. The number of nitrogens with zero attached hydrogens (tertiary/aromatic N) is 7. The molecule has 5 heterocycles. The number of hydrogen-bond donors (Lipinski definition) is 0. The molecule has 0 saturated carbocycles. The third kappa shape index (κ3) is 15.8. The van der Waals surface area contributed by atoms with Gasteiger partial charge in [-0.05, 0) is 303 Å². The van der Waals surface area contributed by atoms with Gasteiger partial charge in [-0.2, -0.15) is 0 Å². The SMILES string of the molecule is CC1(C)c2ccccc2-c2cc3c4cc(-c5ccc(N(c6ccccc6)c6cccc(-c7ccccc7)c6)cc5)ccc4n(-c4ccccc4)c3cc21.c1ccc(N(c2ccccc2)c2ccc(-c3ccc4c(c3)c3c5sc6ccccc6c5ccc3n4-c3ccccc3)cc2)cc1.c1ccc(N(c2ccccc2)c2ccc(-c3ccc4c(c3)c3cc5c6ccccc6n(-c6ccccc6)c5cc3n4-c3ccccc3)cc2)cc1. The van der Waals surface area contributed by atoms with Gasteiger partial charge in [0.1, 0.15) is 0 Å². The van der Waals surface area contributed by atoms with Gasteiger partial charge in [0.15, 0.2) is 0 Å². The van der Waals surface area contributed by atoms with Gasteiger partial charge in [-0.25, -0.2) is 0 Å². The highest BCUT2D eigenvalue weighted by Crippen LogP contribution is 2.54. The number of para-hydroxylation sites is 10. The summed E-state index contributed by atoms with van der Waals surface area (Å²) in [4.78, 5) is 6.95. The Morgan fingerprint density at radius 2 is 0.470 bits per heavy atom. The molecule has 0 fully saturated rings. The van der Waals surface area contributed by atoms with E-state index in [1.165, 1.54) is 186 Å². The van der Waals surface area contributed by atoms with Crippen molar-refractivity contribution in [2.75, 3.05) is 14.7 Å². The molecule has 1 aliphatic carbocycles. The summed E-state index contributed by atoms with van der Waals surface area (Å²) in [6.45, 7) is 4.72. The minimum atomic E-state index is -0.0680. The van der Waals surface area contributed by atoms with E-state index in [2.05, 4.69) is 611 Å². The van der Waals surface area contributed by atoms with E-state index in [0.29, 0.717) is 0 Å². The molecule has 0 saturated heterocycles. The molecular formula is C141H99N7S. The Hall–Kier alpha value is -19.1. The number of rotatable bonds is 17. The van der Waals surface area contributed by atoms with Crippen molar-refractivity contribution in [1.82, 2.24) is 18.3 Å². The van der Waals surface area contributed by atoms with Crippen LogP contribution in [0, 0.1) is 0 Å². The monoisotopic (exact) mass is 1920 g/mol. The van der Waals surface area contributed by atoms with E-state index in [0.717, 1.165) is 62.6 Å². The number of hydrogen-bond acceptors (Lipinski definition) is 4. The third-order valence-electron chi connectivity index (χ3n) is 30.0. The van der Waals surface area contributed by atoms with Crippen molar-refractivity contribution in [3.05, 3.63) is 575 Å². The van der Waals surface area contributed by atoms with Gasteiger partial charge >= 0.3 is 0 Å². The van der Waals surface area contributed by atoms with E-state index in [4.69, 9.17) is 0 Å². The summed E-state index contributed by atoms with van der Waals surface area (Å²) < 4.78 is 12.4. The summed E-state index contributed by atoms with van der Waals surface area (Å²) in [6.07, 6.45) is 0. The average molecular weight is 1920 g/mol. The molecule has 1 aliphatic rings. The van der Waals surface area contributed by atoms with Crippen LogP contribution in [0.1, 0.15) is 25.0 Å². The Kier molecular flexibility index (Phi) is 22.4. The van der Waals surface area contributed by atoms with Gasteiger partial charge in [0.05, 0.1) is 44.1 Å². The molecule has 0 aliphatic heterocycles. The first kappa shape index (κ1) is 88.8. The smallest absolute Gasteiger partial charge is 0.0562 e. The first-order chi connectivity index (χ1) is 73.7. The van der Waals surface area contributed by atoms with E-state index in [-0.39, 0.29) is 5.41 Å². The van der Waals surface area contributed by atoms with Gasteiger partial charge < -0.3 is 33.0 Å². The fraction of sp³-hybridized carbons (Fsp3) is 0.0213. The van der Waals surface area contributed by atoms with Crippen LogP contribution in [0.4, 0.5) is 51.2 Å². The van der Waals surface area contributed by atoms with Crippen LogP contribution >= 0.6 is 11.3 Å². The summed E-state index contributed by atoms with van der Waals surface area (Å²) in [6, 6.07) is 204. The van der Waals surface area contributed by atoms with E-state index < -0.39 is 0 Å². The molecule has 28 aromatic rings. The molecule has 8 heteroatoms. The van der Waals surface area contributed by atoms with Crippen molar-refractivity contribution in [1.29, 1.82) is 0 Å². The topological polar surface area (TPSA) is 29.4 Å². The van der Waals surface area contributed by atoms with Crippen LogP contribution < -0.4 is 14.7 Å². The maximum Gasteiger partial charge on any atom is 0.0562 e. The zero-order chi connectivity index (χ0) is 99.0. The van der Waals surface area contributed by atoms with Crippen LogP contribution in [0.15, 0.2) is 564 Å². The Balaban J connectivity index is 0.000000110. The molecule has 0 amide bonds. The fourth-order valence-electron chi connectivity index (χ4n) is 23.0. The lowest BCUT2D eigenvalue weighted by atomic mass is 9.82. The zero-order valence-electron chi connectivity index (χ0n) is 82.2. The van der Waals surface area contributed by atoms with Crippen molar-refractivity contribution >= 4 is 170 Å². The molecule has 0 unspecified atom stereocenters. The largest absolute Gasteiger partial charge is 0.311 e. The highest BCUT2D eigenvalue weighted by atomic mass is 32.1. The second kappa shape index (κ2) is 37.6. The van der Waals surface area contributed by atoms with Crippen LogP contribution in [0.25, 0.3) is 186 Å². The van der Waals surface area contributed by atoms with E-state index >= 15 is 0 Å². The van der Waals surface area contributed by atoms with Crippen LogP contribution in [0.5, 0.6) is 0 Å². The number of anilines is 9. The zero-order valence-corrected chi connectivity index (χ0v) is 83.0. The molecule has 7 nitrogen and oxygen atoms in total. The van der Waals surface area contributed by atoms with Gasteiger partial charge in [-0.3, -0.25) is 0 Å². The predicted octanol–water partition coefficient (Wildman–Crippen LogP) is 39.2. The van der Waals surface area contributed by atoms with Crippen molar-refractivity contribution in [3.8, 4) is 78.4 Å². The van der Waals surface area contributed by atoms with E-state index in [9.17, 15) is 0 Å². The molecule has 0 bridgehead atoms. The van der Waals surface area contributed by atoms with Gasteiger partial charge in [0.25, 0.3) is 0 Å². The van der Waals surface area contributed by atoms with E-state index in [1.54, 1.807) is 0 Å². The van der Waals surface area contributed by atoms with Crippen molar-refractivity contribution in [2.45, 2.75) is 19.3 Å². The highest BCUT2D eigenvalue weighted by Gasteiger charge is 2.37. The lowest BCUT2D eigenvalue weighted by Gasteiger charge is -2.26. The summed E-state index contributed by atoms with van der Waals surface area (Å²) in [5.74, 6) is 0. The Bertz CT molecular complexity index is 9780. The number of aromatic nitrogens is 4.